The van der Waals surface area contributed by atoms with E-state index in [4.69, 9.17) is 9.47 Å². The van der Waals surface area contributed by atoms with Crippen molar-refractivity contribution in [1.82, 2.24) is 5.32 Å². The lowest BCUT2D eigenvalue weighted by Gasteiger charge is -2.32. The molecule has 2 fully saturated rings. The summed E-state index contributed by atoms with van der Waals surface area (Å²) in [6.07, 6.45) is 5.13. The highest BCUT2D eigenvalue weighted by molar-refractivity contribution is 5.29. The van der Waals surface area contributed by atoms with Crippen LogP contribution in [0.2, 0.25) is 0 Å². The summed E-state index contributed by atoms with van der Waals surface area (Å²) in [5, 5.41) is 3.44. The molecule has 0 amide bonds. The highest BCUT2D eigenvalue weighted by Gasteiger charge is 2.40. The Morgan fingerprint density at radius 1 is 1.37 bits per heavy atom. The number of methoxy groups -OCH3 is 1. The average molecular weight is 261 g/mol. The topological polar surface area (TPSA) is 30.5 Å². The first-order chi connectivity index (χ1) is 9.30. The van der Waals surface area contributed by atoms with Gasteiger partial charge in [-0.1, -0.05) is 12.1 Å². The van der Waals surface area contributed by atoms with Gasteiger partial charge in [0.15, 0.2) is 0 Å². The maximum absolute atomic E-state index is 6.06. The summed E-state index contributed by atoms with van der Waals surface area (Å²) < 4.78 is 11.3. The smallest absolute Gasteiger partial charge is 0.119 e. The molecule has 0 saturated carbocycles. The van der Waals surface area contributed by atoms with Crippen molar-refractivity contribution < 1.29 is 9.47 Å². The van der Waals surface area contributed by atoms with Crippen molar-refractivity contribution in [2.75, 3.05) is 26.8 Å². The highest BCUT2D eigenvalue weighted by Crippen LogP contribution is 2.41. The van der Waals surface area contributed by atoms with E-state index >= 15 is 0 Å². The molecule has 1 atom stereocenters. The van der Waals surface area contributed by atoms with Crippen LogP contribution in [0.5, 0.6) is 5.75 Å². The monoisotopic (exact) mass is 261 g/mol. The third-order valence-electron chi connectivity index (χ3n) is 4.55. The fraction of sp³-hybridized carbons (Fsp3) is 0.625. The molecular weight excluding hydrogens is 238 g/mol. The number of ether oxygens (including phenoxy) is 2. The Kier molecular flexibility index (Phi) is 3.76. The number of piperidine rings is 1. The molecule has 2 heterocycles. The molecule has 0 bridgehead atoms. The van der Waals surface area contributed by atoms with Gasteiger partial charge >= 0.3 is 0 Å². The van der Waals surface area contributed by atoms with Crippen LogP contribution in [-0.4, -0.2) is 32.9 Å². The summed E-state index contributed by atoms with van der Waals surface area (Å²) in [5.74, 6) is 0.937. The lowest BCUT2D eigenvalue weighted by molar-refractivity contribution is 0.0867. The first-order valence-corrected chi connectivity index (χ1v) is 7.25. The van der Waals surface area contributed by atoms with E-state index in [0.29, 0.717) is 11.5 Å². The standard InChI is InChI=1S/C16H23NO2/c1-18-14-4-2-3-13(9-14)10-15-11-16(12-19-15)5-7-17-8-6-16/h2-4,9,15,17H,5-8,10-12H2,1H3. The molecule has 19 heavy (non-hydrogen) atoms. The van der Waals surface area contributed by atoms with Gasteiger partial charge in [-0.25, -0.2) is 0 Å². The molecule has 1 N–H and O–H groups in total. The molecule has 0 aliphatic carbocycles. The lowest BCUT2D eigenvalue weighted by atomic mass is 9.77. The quantitative estimate of drug-likeness (QED) is 0.906. The van der Waals surface area contributed by atoms with E-state index in [1.807, 2.05) is 6.07 Å². The van der Waals surface area contributed by atoms with Crippen LogP contribution in [0, 0.1) is 5.41 Å². The van der Waals surface area contributed by atoms with Gasteiger partial charge in [-0.15, -0.1) is 0 Å². The molecule has 3 nitrogen and oxygen atoms in total. The zero-order valence-electron chi connectivity index (χ0n) is 11.7. The average Bonchev–Trinajstić information content (AvgIpc) is 2.82. The molecular formula is C16H23NO2. The minimum absolute atomic E-state index is 0.380. The maximum Gasteiger partial charge on any atom is 0.119 e. The summed E-state index contributed by atoms with van der Waals surface area (Å²) >= 11 is 0. The lowest BCUT2D eigenvalue weighted by Crippen LogP contribution is -2.37. The minimum atomic E-state index is 0.380. The normalized spacial score (nSPS) is 25.6. The second kappa shape index (κ2) is 5.51. The Hall–Kier alpha value is -1.06. The van der Waals surface area contributed by atoms with E-state index in [2.05, 4.69) is 23.5 Å². The summed E-state index contributed by atoms with van der Waals surface area (Å²) in [7, 11) is 1.72. The second-order valence-corrected chi connectivity index (χ2v) is 5.94. The summed E-state index contributed by atoms with van der Waals surface area (Å²) in [6.45, 7) is 3.24. The Labute approximate surface area is 115 Å². The molecule has 3 heteroatoms. The molecule has 0 aromatic heterocycles. The number of hydrogen-bond donors (Lipinski definition) is 1. The number of benzene rings is 1. The highest BCUT2D eigenvalue weighted by atomic mass is 16.5. The largest absolute Gasteiger partial charge is 0.497 e. The number of hydrogen-bond acceptors (Lipinski definition) is 3. The molecule has 104 valence electrons. The van der Waals surface area contributed by atoms with Gasteiger partial charge in [-0.05, 0) is 61.9 Å². The van der Waals surface area contributed by atoms with Gasteiger partial charge in [-0.3, -0.25) is 0 Å². The second-order valence-electron chi connectivity index (χ2n) is 5.94. The molecule has 2 aliphatic heterocycles. The Balaban J connectivity index is 1.61. The van der Waals surface area contributed by atoms with Crippen molar-refractivity contribution in [3.63, 3.8) is 0 Å². The van der Waals surface area contributed by atoms with Gasteiger partial charge in [0.1, 0.15) is 5.75 Å². The van der Waals surface area contributed by atoms with Crippen molar-refractivity contribution in [1.29, 1.82) is 0 Å². The van der Waals surface area contributed by atoms with Crippen LogP contribution in [-0.2, 0) is 11.2 Å². The fourth-order valence-electron chi connectivity index (χ4n) is 3.39. The van der Waals surface area contributed by atoms with Crippen molar-refractivity contribution in [2.24, 2.45) is 5.41 Å². The molecule has 1 aromatic carbocycles. The van der Waals surface area contributed by atoms with Crippen LogP contribution >= 0.6 is 0 Å². The molecule has 1 spiro atoms. The van der Waals surface area contributed by atoms with Crippen LogP contribution in [0.1, 0.15) is 24.8 Å². The van der Waals surface area contributed by atoms with E-state index in [0.717, 1.165) is 31.9 Å². The first-order valence-electron chi connectivity index (χ1n) is 7.25. The van der Waals surface area contributed by atoms with Gasteiger partial charge < -0.3 is 14.8 Å². The summed E-state index contributed by atoms with van der Waals surface area (Å²) in [4.78, 5) is 0. The SMILES string of the molecule is COc1cccc(CC2CC3(CCNCC3)CO2)c1. The molecule has 1 aromatic rings. The van der Waals surface area contributed by atoms with Gasteiger partial charge in [0.2, 0.25) is 0 Å². The zero-order valence-corrected chi connectivity index (χ0v) is 11.7. The molecule has 3 rings (SSSR count). The number of rotatable bonds is 3. The summed E-state index contributed by atoms with van der Waals surface area (Å²) in [5.41, 5.74) is 1.77. The van der Waals surface area contributed by atoms with Crippen LogP contribution in [0.4, 0.5) is 0 Å². The van der Waals surface area contributed by atoms with Gasteiger partial charge in [-0.2, -0.15) is 0 Å². The van der Waals surface area contributed by atoms with Crippen LogP contribution in [0.3, 0.4) is 0 Å². The van der Waals surface area contributed by atoms with Gasteiger partial charge in [0, 0.05) is 0 Å². The van der Waals surface area contributed by atoms with Gasteiger partial charge in [0.05, 0.1) is 19.8 Å². The third kappa shape index (κ3) is 2.93. The van der Waals surface area contributed by atoms with Crippen LogP contribution in [0.15, 0.2) is 24.3 Å². The van der Waals surface area contributed by atoms with Crippen LogP contribution < -0.4 is 10.1 Å². The zero-order chi connectivity index (χ0) is 13.1. The fourth-order valence-corrected chi connectivity index (χ4v) is 3.39. The van der Waals surface area contributed by atoms with Crippen molar-refractivity contribution in [3.05, 3.63) is 29.8 Å². The first kappa shape index (κ1) is 12.9. The van der Waals surface area contributed by atoms with Crippen LogP contribution in [0.25, 0.3) is 0 Å². The Morgan fingerprint density at radius 3 is 3.00 bits per heavy atom. The van der Waals surface area contributed by atoms with E-state index in [-0.39, 0.29) is 0 Å². The number of nitrogens with one attached hydrogen (secondary N) is 1. The van der Waals surface area contributed by atoms with Gasteiger partial charge in [0.25, 0.3) is 0 Å². The molecule has 1 unspecified atom stereocenters. The third-order valence-corrected chi connectivity index (χ3v) is 4.55. The predicted octanol–water partition coefficient (Wildman–Crippen LogP) is 2.40. The Bertz CT molecular complexity index is 427. The predicted molar refractivity (Wildman–Crippen MR) is 75.6 cm³/mol. The van der Waals surface area contributed by atoms with E-state index in [1.165, 1.54) is 24.8 Å². The van der Waals surface area contributed by atoms with E-state index in [1.54, 1.807) is 7.11 Å². The molecule has 2 aliphatic rings. The minimum Gasteiger partial charge on any atom is -0.497 e. The van der Waals surface area contributed by atoms with Crippen molar-refractivity contribution in [2.45, 2.75) is 31.8 Å². The van der Waals surface area contributed by atoms with Crippen molar-refractivity contribution >= 4 is 0 Å². The maximum atomic E-state index is 6.06. The van der Waals surface area contributed by atoms with E-state index < -0.39 is 0 Å². The Morgan fingerprint density at radius 2 is 2.21 bits per heavy atom. The molecule has 0 radical (unpaired) electrons. The van der Waals surface area contributed by atoms with E-state index in [9.17, 15) is 0 Å². The van der Waals surface area contributed by atoms with Crippen molar-refractivity contribution in [3.8, 4) is 5.75 Å². The summed E-state index contributed by atoms with van der Waals surface area (Å²) in [6, 6.07) is 8.34. The molecule has 2 saturated heterocycles.